The van der Waals surface area contributed by atoms with Gasteiger partial charge in [-0.1, -0.05) is 59.4 Å². The van der Waals surface area contributed by atoms with E-state index in [-0.39, 0.29) is 5.91 Å². The maximum atomic E-state index is 12.5. The number of aromatic nitrogens is 2. The van der Waals surface area contributed by atoms with Crippen LogP contribution in [0.3, 0.4) is 0 Å². The molecule has 1 amide bonds. The van der Waals surface area contributed by atoms with Crippen LogP contribution in [0.25, 0.3) is 0 Å². The zero-order valence-corrected chi connectivity index (χ0v) is 19.7. The minimum atomic E-state index is -0.174. The standard InChI is InChI=1S/C25H31N5OS/c1-19-10-12-20(13-11-19)16-26-24(31)25-28-27-23(32-25)18-29(2)17-21-8-4-5-9-22(21)30-14-6-3-7-15-30/h4-5,8-13H,3,6-7,14-18H2,1-2H3,(H,26,31). The maximum absolute atomic E-state index is 12.5. The van der Waals surface area contributed by atoms with Gasteiger partial charge in [0.15, 0.2) is 0 Å². The normalized spacial score (nSPS) is 14.0. The first kappa shape index (κ1) is 22.4. The Morgan fingerprint density at radius 1 is 1.03 bits per heavy atom. The summed E-state index contributed by atoms with van der Waals surface area (Å²) in [6.45, 7) is 6.31. The van der Waals surface area contributed by atoms with Gasteiger partial charge in [0.1, 0.15) is 5.01 Å². The number of aryl methyl sites for hydroxylation is 1. The van der Waals surface area contributed by atoms with Crippen molar-refractivity contribution in [3.63, 3.8) is 0 Å². The van der Waals surface area contributed by atoms with Crippen molar-refractivity contribution in [2.45, 2.75) is 45.8 Å². The maximum Gasteiger partial charge on any atom is 0.282 e. The Morgan fingerprint density at radius 2 is 1.78 bits per heavy atom. The molecule has 2 heterocycles. The molecular weight excluding hydrogens is 418 g/mol. The smallest absolute Gasteiger partial charge is 0.282 e. The third-order valence-corrected chi connectivity index (χ3v) is 6.68. The summed E-state index contributed by atoms with van der Waals surface area (Å²) in [5, 5.41) is 12.6. The average Bonchev–Trinajstić information content (AvgIpc) is 3.28. The number of rotatable bonds is 8. The highest BCUT2D eigenvalue weighted by Crippen LogP contribution is 2.25. The lowest BCUT2D eigenvalue weighted by Gasteiger charge is -2.31. The number of benzene rings is 2. The molecule has 0 bridgehead atoms. The van der Waals surface area contributed by atoms with Crippen LogP contribution in [0.1, 0.15) is 50.8 Å². The molecule has 0 aliphatic carbocycles. The zero-order valence-electron chi connectivity index (χ0n) is 18.9. The Morgan fingerprint density at radius 3 is 2.56 bits per heavy atom. The van der Waals surface area contributed by atoms with Crippen molar-refractivity contribution in [2.24, 2.45) is 0 Å². The van der Waals surface area contributed by atoms with E-state index < -0.39 is 0 Å². The Bertz CT molecular complexity index is 1030. The Hall–Kier alpha value is -2.77. The van der Waals surface area contributed by atoms with Gasteiger partial charge in [0.2, 0.25) is 5.01 Å². The van der Waals surface area contributed by atoms with E-state index in [0.717, 1.165) is 30.2 Å². The lowest BCUT2D eigenvalue weighted by Crippen LogP contribution is -2.31. The van der Waals surface area contributed by atoms with Crippen LogP contribution in [0, 0.1) is 6.92 Å². The largest absolute Gasteiger partial charge is 0.371 e. The summed E-state index contributed by atoms with van der Waals surface area (Å²) in [5.74, 6) is -0.174. The molecule has 4 rings (SSSR count). The van der Waals surface area contributed by atoms with Crippen LogP contribution in [0.2, 0.25) is 0 Å². The first-order chi connectivity index (χ1) is 15.6. The van der Waals surface area contributed by atoms with Gasteiger partial charge in [0, 0.05) is 31.9 Å². The molecule has 0 unspecified atom stereocenters. The summed E-state index contributed by atoms with van der Waals surface area (Å²) in [6.07, 6.45) is 3.87. The Kier molecular flexibility index (Phi) is 7.50. The quantitative estimate of drug-likeness (QED) is 0.552. The molecule has 32 heavy (non-hydrogen) atoms. The highest BCUT2D eigenvalue weighted by Gasteiger charge is 2.17. The summed E-state index contributed by atoms with van der Waals surface area (Å²) in [5.41, 5.74) is 4.95. The predicted molar refractivity (Wildman–Crippen MR) is 130 cm³/mol. The van der Waals surface area contributed by atoms with Crippen molar-refractivity contribution < 1.29 is 4.79 Å². The van der Waals surface area contributed by atoms with E-state index in [9.17, 15) is 4.79 Å². The van der Waals surface area contributed by atoms with Gasteiger partial charge in [-0.2, -0.15) is 0 Å². The van der Waals surface area contributed by atoms with Crippen LogP contribution in [-0.2, 0) is 19.6 Å². The number of amides is 1. The zero-order chi connectivity index (χ0) is 22.3. The van der Waals surface area contributed by atoms with Gasteiger partial charge in [0.05, 0.1) is 6.54 Å². The molecule has 0 atom stereocenters. The third kappa shape index (κ3) is 5.93. The molecule has 2 aromatic carbocycles. The number of hydrogen-bond donors (Lipinski definition) is 1. The fraction of sp³-hybridized carbons (Fsp3) is 0.400. The fourth-order valence-electron chi connectivity index (χ4n) is 4.04. The molecule has 0 spiro atoms. The number of hydrogen-bond acceptors (Lipinski definition) is 6. The first-order valence-electron chi connectivity index (χ1n) is 11.3. The molecule has 1 saturated heterocycles. The van der Waals surface area contributed by atoms with E-state index >= 15 is 0 Å². The monoisotopic (exact) mass is 449 g/mol. The van der Waals surface area contributed by atoms with E-state index in [4.69, 9.17) is 0 Å². The van der Waals surface area contributed by atoms with Crippen LogP contribution in [0.4, 0.5) is 5.69 Å². The second-order valence-corrected chi connectivity index (χ2v) is 9.58. The predicted octanol–water partition coefficient (Wildman–Crippen LogP) is 4.40. The molecule has 168 valence electrons. The number of piperidine rings is 1. The topological polar surface area (TPSA) is 61.4 Å². The number of carbonyl (C=O) groups excluding carboxylic acids is 1. The second kappa shape index (κ2) is 10.7. The first-order valence-corrected chi connectivity index (χ1v) is 12.1. The summed E-state index contributed by atoms with van der Waals surface area (Å²) in [4.78, 5) is 17.2. The molecule has 1 aliphatic rings. The second-order valence-electron chi connectivity index (χ2n) is 8.52. The highest BCUT2D eigenvalue weighted by atomic mass is 32.1. The highest BCUT2D eigenvalue weighted by molar-refractivity contribution is 7.13. The van der Waals surface area contributed by atoms with Crippen molar-refractivity contribution >= 4 is 22.9 Å². The summed E-state index contributed by atoms with van der Waals surface area (Å²) in [7, 11) is 2.09. The van der Waals surface area contributed by atoms with Gasteiger partial charge in [-0.05, 0) is 50.4 Å². The van der Waals surface area contributed by atoms with Gasteiger partial charge in [0.25, 0.3) is 5.91 Å². The van der Waals surface area contributed by atoms with Gasteiger partial charge >= 0.3 is 0 Å². The molecule has 1 N–H and O–H groups in total. The van der Waals surface area contributed by atoms with Gasteiger partial charge in [-0.15, -0.1) is 10.2 Å². The molecule has 3 aromatic rings. The van der Waals surface area contributed by atoms with Gasteiger partial charge in [-0.3, -0.25) is 9.69 Å². The van der Waals surface area contributed by atoms with Crippen LogP contribution >= 0.6 is 11.3 Å². The summed E-state index contributed by atoms with van der Waals surface area (Å²) < 4.78 is 0. The molecule has 6 nitrogen and oxygen atoms in total. The lowest BCUT2D eigenvalue weighted by molar-refractivity contribution is 0.0950. The molecule has 1 aromatic heterocycles. The number of nitrogens with one attached hydrogen (secondary N) is 1. The molecule has 1 aliphatic heterocycles. The number of nitrogens with zero attached hydrogens (tertiary/aromatic N) is 4. The van der Waals surface area contributed by atoms with Crippen LogP contribution in [0.15, 0.2) is 48.5 Å². The minimum absolute atomic E-state index is 0.174. The molecule has 1 fully saturated rings. The molecule has 0 saturated carbocycles. The van der Waals surface area contributed by atoms with Gasteiger partial charge in [-0.25, -0.2) is 0 Å². The summed E-state index contributed by atoms with van der Waals surface area (Å²) in [6, 6.07) is 16.8. The van der Waals surface area contributed by atoms with E-state index in [0.29, 0.717) is 18.1 Å². The van der Waals surface area contributed by atoms with E-state index in [2.05, 4.69) is 63.6 Å². The van der Waals surface area contributed by atoms with E-state index in [1.54, 1.807) is 0 Å². The average molecular weight is 450 g/mol. The fourth-order valence-corrected chi connectivity index (χ4v) is 4.87. The van der Waals surface area contributed by atoms with Crippen LogP contribution < -0.4 is 10.2 Å². The minimum Gasteiger partial charge on any atom is -0.371 e. The van der Waals surface area contributed by atoms with Crippen molar-refractivity contribution in [2.75, 3.05) is 25.0 Å². The van der Waals surface area contributed by atoms with Crippen LogP contribution in [0.5, 0.6) is 0 Å². The van der Waals surface area contributed by atoms with Crippen molar-refractivity contribution in [3.05, 3.63) is 75.2 Å². The SMILES string of the molecule is Cc1ccc(CNC(=O)c2nnc(CN(C)Cc3ccccc3N3CCCCC3)s2)cc1. The molecular formula is C25H31N5OS. The summed E-state index contributed by atoms with van der Waals surface area (Å²) >= 11 is 1.36. The number of para-hydroxylation sites is 1. The number of anilines is 1. The lowest BCUT2D eigenvalue weighted by atomic mass is 10.1. The van der Waals surface area contributed by atoms with Crippen molar-refractivity contribution in [3.8, 4) is 0 Å². The number of carbonyl (C=O) groups is 1. The van der Waals surface area contributed by atoms with E-state index in [1.807, 2.05) is 24.3 Å². The molecule has 0 radical (unpaired) electrons. The molecule has 7 heteroatoms. The van der Waals surface area contributed by atoms with E-state index in [1.165, 1.54) is 47.4 Å². The van der Waals surface area contributed by atoms with Gasteiger partial charge < -0.3 is 10.2 Å². The van der Waals surface area contributed by atoms with Crippen LogP contribution in [-0.4, -0.2) is 41.1 Å². The van der Waals surface area contributed by atoms with Crippen molar-refractivity contribution in [1.82, 2.24) is 20.4 Å². The Balaban J connectivity index is 1.32. The van der Waals surface area contributed by atoms with Crippen molar-refractivity contribution in [1.29, 1.82) is 0 Å². The Labute approximate surface area is 194 Å². The third-order valence-electron chi connectivity index (χ3n) is 5.77.